The summed E-state index contributed by atoms with van der Waals surface area (Å²) in [6.45, 7) is 6.60. The van der Waals surface area contributed by atoms with Crippen molar-refractivity contribution in [3.63, 3.8) is 0 Å². The number of fused-ring (bicyclic) bond motifs is 1. The Morgan fingerprint density at radius 1 is 1.13 bits per heavy atom. The number of nitrogens with one attached hydrogen (secondary N) is 1. The SMILES string of the molecule is Cn1nc(C(=O)N[C@@H]2CCCc3c2cnn3-c2ccc(C(C)(C)C)cc2)ccc1=O. The van der Waals surface area contributed by atoms with E-state index < -0.39 is 0 Å². The second kappa shape index (κ2) is 7.55. The summed E-state index contributed by atoms with van der Waals surface area (Å²) in [6, 6.07) is 11.2. The number of nitrogens with zero attached hydrogens (tertiary/aromatic N) is 4. The van der Waals surface area contributed by atoms with Crippen LogP contribution in [0.5, 0.6) is 0 Å². The maximum Gasteiger partial charge on any atom is 0.272 e. The number of benzene rings is 1. The average Bonchev–Trinajstić information content (AvgIpc) is 3.14. The molecule has 30 heavy (non-hydrogen) atoms. The molecule has 1 atom stereocenters. The predicted octanol–water partition coefficient (Wildman–Crippen LogP) is 3.07. The molecular weight excluding hydrogens is 378 g/mol. The molecule has 0 unspecified atom stereocenters. The molecule has 7 heteroatoms. The van der Waals surface area contributed by atoms with Gasteiger partial charge in [0.1, 0.15) is 5.69 Å². The van der Waals surface area contributed by atoms with E-state index in [0.29, 0.717) is 0 Å². The lowest BCUT2D eigenvalue weighted by molar-refractivity contribution is 0.0925. The highest BCUT2D eigenvalue weighted by Gasteiger charge is 2.27. The monoisotopic (exact) mass is 405 g/mol. The van der Waals surface area contributed by atoms with Gasteiger partial charge in [0.25, 0.3) is 11.5 Å². The first-order chi connectivity index (χ1) is 14.2. The topological polar surface area (TPSA) is 81.8 Å². The van der Waals surface area contributed by atoms with Crippen LogP contribution in [0.1, 0.15) is 67.0 Å². The van der Waals surface area contributed by atoms with Crippen molar-refractivity contribution in [2.45, 2.75) is 51.5 Å². The van der Waals surface area contributed by atoms with Gasteiger partial charge in [0.2, 0.25) is 0 Å². The van der Waals surface area contributed by atoms with E-state index in [2.05, 4.69) is 60.6 Å². The van der Waals surface area contributed by atoms with Crippen molar-refractivity contribution in [1.29, 1.82) is 0 Å². The molecule has 156 valence electrons. The molecule has 2 heterocycles. The van der Waals surface area contributed by atoms with E-state index in [1.165, 1.54) is 29.4 Å². The first kappa shape index (κ1) is 20.1. The van der Waals surface area contributed by atoms with Crippen molar-refractivity contribution in [1.82, 2.24) is 24.9 Å². The first-order valence-electron chi connectivity index (χ1n) is 10.3. The highest BCUT2D eigenvalue weighted by atomic mass is 16.2. The lowest BCUT2D eigenvalue weighted by Crippen LogP contribution is -2.33. The van der Waals surface area contributed by atoms with Crippen LogP contribution in [0.15, 0.2) is 47.4 Å². The fourth-order valence-electron chi connectivity index (χ4n) is 3.89. The Balaban J connectivity index is 1.58. The van der Waals surface area contributed by atoms with Gasteiger partial charge in [-0.3, -0.25) is 9.59 Å². The number of carbonyl (C=O) groups is 1. The van der Waals surface area contributed by atoms with Crippen molar-refractivity contribution in [2.24, 2.45) is 7.05 Å². The molecule has 1 amide bonds. The molecule has 0 radical (unpaired) electrons. The van der Waals surface area contributed by atoms with Crippen molar-refractivity contribution < 1.29 is 4.79 Å². The Hall–Kier alpha value is -3.22. The van der Waals surface area contributed by atoms with E-state index in [4.69, 9.17) is 0 Å². The van der Waals surface area contributed by atoms with Crippen LogP contribution in [0.4, 0.5) is 0 Å². The van der Waals surface area contributed by atoms with Crippen LogP contribution < -0.4 is 10.9 Å². The van der Waals surface area contributed by atoms with Crippen LogP contribution >= 0.6 is 0 Å². The van der Waals surface area contributed by atoms with Crippen LogP contribution in [-0.2, 0) is 18.9 Å². The van der Waals surface area contributed by atoms with Gasteiger partial charge in [-0.05, 0) is 48.4 Å². The molecule has 1 N–H and O–H groups in total. The number of hydrogen-bond donors (Lipinski definition) is 1. The summed E-state index contributed by atoms with van der Waals surface area (Å²) in [5.41, 5.74) is 4.56. The zero-order valence-electron chi connectivity index (χ0n) is 17.8. The summed E-state index contributed by atoms with van der Waals surface area (Å²) in [5.74, 6) is -0.286. The van der Waals surface area contributed by atoms with E-state index in [1.807, 2.05) is 10.9 Å². The third-order valence-electron chi connectivity index (χ3n) is 5.66. The minimum Gasteiger partial charge on any atom is -0.344 e. The Morgan fingerprint density at radius 3 is 2.53 bits per heavy atom. The molecule has 0 saturated carbocycles. The molecule has 0 fully saturated rings. The summed E-state index contributed by atoms with van der Waals surface area (Å²) < 4.78 is 3.14. The number of aromatic nitrogens is 4. The third kappa shape index (κ3) is 3.79. The van der Waals surface area contributed by atoms with Crippen LogP contribution in [0.3, 0.4) is 0 Å². The lowest BCUT2D eigenvalue weighted by Gasteiger charge is -2.24. The van der Waals surface area contributed by atoms with E-state index in [-0.39, 0.29) is 28.6 Å². The summed E-state index contributed by atoms with van der Waals surface area (Å²) in [6.07, 6.45) is 4.58. The van der Waals surface area contributed by atoms with Crippen molar-refractivity contribution in [3.05, 3.63) is 75.5 Å². The van der Waals surface area contributed by atoms with E-state index in [9.17, 15) is 9.59 Å². The zero-order chi connectivity index (χ0) is 21.5. The lowest BCUT2D eigenvalue weighted by atomic mass is 9.87. The van der Waals surface area contributed by atoms with E-state index in [1.54, 1.807) is 0 Å². The number of rotatable bonds is 3. The summed E-state index contributed by atoms with van der Waals surface area (Å²) >= 11 is 0. The Bertz CT molecular complexity index is 1140. The van der Waals surface area contributed by atoms with Crippen molar-refractivity contribution in [3.8, 4) is 5.69 Å². The minimum absolute atomic E-state index is 0.104. The smallest absolute Gasteiger partial charge is 0.272 e. The molecule has 4 rings (SSSR count). The number of amides is 1. The molecule has 1 aliphatic rings. The molecule has 0 bridgehead atoms. The van der Waals surface area contributed by atoms with Crippen molar-refractivity contribution in [2.75, 3.05) is 0 Å². The van der Waals surface area contributed by atoms with Crippen molar-refractivity contribution >= 4 is 5.91 Å². The zero-order valence-corrected chi connectivity index (χ0v) is 17.8. The standard InChI is InChI=1S/C23H27N5O2/c1-23(2,3)15-8-10-16(11-9-15)28-20-7-5-6-18(17(20)14-24-28)25-22(30)19-12-13-21(29)27(4)26-19/h8-14,18H,5-7H2,1-4H3,(H,25,30)/t18-/m1/s1. The fourth-order valence-corrected chi connectivity index (χ4v) is 3.89. The maximum atomic E-state index is 12.7. The van der Waals surface area contributed by atoms with Gasteiger partial charge in [-0.1, -0.05) is 32.9 Å². The van der Waals surface area contributed by atoms with Crippen LogP contribution in [-0.4, -0.2) is 25.5 Å². The average molecular weight is 406 g/mol. The summed E-state index contributed by atoms with van der Waals surface area (Å²) in [7, 11) is 1.53. The van der Waals surface area contributed by atoms with Gasteiger partial charge in [0.05, 0.1) is 17.9 Å². The van der Waals surface area contributed by atoms with Gasteiger partial charge < -0.3 is 5.32 Å². The highest BCUT2D eigenvalue weighted by Crippen LogP contribution is 2.32. The van der Waals surface area contributed by atoms with Gasteiger partial charge in [0.15, 0.2) is 0 Å². The molecule has 0 saturated heterocycles. The second-order valence-electron chi connectivity index (χ2n) is 8.85. The van der Waals surface area contributed by atoms with E-state index >= 15 is 0 Å². The molecule has 3 aromatic rings. The van der Waals surface area contributed by atoms with Crippen LogP contribution in [0, 0.1) is 0 Å². The summed E-state index contributed by atoms with van der Waals surface area (Å²) in [4.78, 5) is 24.2. The van der Waals surface area contributed by atoms with Gasteiger partial charge in [-0.15, -0.1) is 0 Å². The van der Waals surface area contributed by atoms with Gasteiger partial charge in [0, 0.05) is 24.4 Å². The van der Waals surface area contributed by atoms with E-state index in [0.717, 1.165) is 36.2 Å². The molecular formula is C23H27N5O2. The second-order valence-corrected chi connectivity index (χ2v) is 8.85. The largest absolute Gasteiger partial charge is 0.344 e. The maximum absolute atomic E-state index is 12.7. The molecule has 7 nitrogen and oxygen atoms in total. The Labute approximate surface area is 175 Å². The quantitative estimate of drug-likeness (QED) is 0.726. The Kier molecular flexibility index (Phi) is 5.05. The van der Waals surface area contributed by atoms with Crippen LogP contribution in [0.25, 0.3) is 5.69 Å². The minimum atomic E-state index is -0.286. The molecule has 1 aromatic carbocycles. The number of aryl methyl sites for hydroxylation is 1. The number of carbonyl (C=O) groups excluding carboxylic acids is 1. The van der Waals surface area contributed by atoms with Crippen LogP contribution in [0.2, 0.25) is 0 Å². The predicted molar refractivity (Wildman–Crippen MR) is 115 cm³/mol. The molecule has 0 aliphatic heterocycles. The first-order valence-corrected chi connectivity index (χ1v) is 10.3. The Morgan fingerprint density at radius 2 is 1.87 bits per heavy atom. The van der Waals surface area contributed by atoms with Gasteiger partial charge in [-0.25, -0.2) is 9.36 Å². The number of hydrogen-bond acceptors (Lipinski definition) is 4. The third-order valence-corrected chi connectivity index (χ3v) is 5.66. The fraction of sp³-hybridized carbons (Fsp3) is 0.391. The molecule has 1 aliphatic carbocycles. The molecule has 0 spiro atoms. The summed E-state index contributed by atoms with van der Waals surface area (Å²) in [5, 5.41) is 11.7. The van der Waals surface area contributed by atoms with Gasteiger partial charge in [-0.2, -0.15) is 10.2 Å². The normalized spacial score (nSPS) is 16.2. The van der Waals surface area contributed by atoms with Gasteiger partial charge >= 0.3 is 0 Å². The highest BCUT2D eigenvalue weighted by molar-refractivity contribution is 5.92. The molecule has 2 aromatic heterocycles.